The molecule has 1 aromatic carbocycles. The van der Waals surface area contributed by atoms with Gasteiger partial charge in [0.15, 0.2) is 0 Å². The Bertz CT molecular complexity index is 1010. The van der Waals surface area contributed by atoms with Crippen molar-refractivity contribution in [3.8, 4) is 0 Å². The number of benzene rings is 1. The van der Waals surface area contributed by atoms with E-state index in [2.05, 4.69) is 24.0 Å². The number of sulfonamides is 1. The minimum absolute atomic E-state index is 0.0201. The first-order chi connectivity index (χ1) is 13.8. The van der Waals surface area contributed by atoms with E-state index in [-0.39, 0.29) is 23.8 Å². The lowest BCUT2D eigenvalue weighted by Gasteiger charge is -2.31. The second-order valence-electron chi connectivity index (χ2n) is 8.33. The lowest BCUT2D eigenvalue weighted by Crippen LogP contribution is -2.39. The molecular formula is C22H27N3O3S. The van der Waals surface area contributed by atoms with Gasteiger partial charge in [0.25, 0.3) is 5.91 Å². The van der Waals surface area contributed by atoms with E-state index in [4.69, 9.17) is 0 Å². The molecule has 0 saturated carbocycles. The fourth-order valence-corrected chi connectivity index (χ4v) is 6.07. The minimum atomic E-state index is -3.30. The number of pyridine rings is 1. The first-order valence-corrected chi connectivity index (χ1v) is 11.6. The third-order valence-corrected chi connectivity index (χ3v) is 8.49. The van der Waals surface area contributed by atoms with Gasteiger partial charge >= 0.3 is 0 Å². The van der Waals surface area contributed by atoms with E-state index in [1.54, 1.807) is 42.7 Å². The molecule has 0 unspecified atom stereocenters. The van der Waals surface area contributed by atoms with Crippen LogP contribution in [0.4, 0.5) is 0 Å². The summed E-state index contributed by atoms with van der Waals surface area (Å²) in [4.78, 5) is 19.3. The van der Waals surface area contributed by atoms with Crippen LogP contribution in [0.25, 0.3) is 0 Å². The number of aromatic nitrogens is 1. The highest BCUT2D eigenvalue weighted by molar-refractivity contribution is 7.89. The summed E-state index contributed by atoms with van der Waals surface area (Å²) >= 11 is 0. The molecule has 0 radical (unpaired) electrons. The van der Waals surface area contributed by atoms with E-state index in [0.29, 0.717) is 25.2 Å². The van der Waals surface area contributed by atoms with Crippen molar-refractivity contribution in [3.05, 3.63) is 65.5 Å². The van der Waals surface area contributed by atoms with Gasteiger partial charge in [-0.25, -0.2) is 12.7 Å². The molecule has 3 heterocycles. The third-order valence-electron chi connectivity index (χ3n) is 6.28. The molecule has 0 N–H and O–H groups in total. The molecular weight excluding hydrogens is 386 g/mol. The highest BCUT2D eigenvalue weighted by atomic mass is 32.2. The van der Waals surface area contributed by atoms with Crippen molar-refractivity contribution in [2.75, 3.05) is 19.6 Å². The average molecular weight is 414 g/mol. The van der Waals surface area contributed by atoms with Crippen molar-refractivity contribution in [2.24, 2.45) is 11.8 Å². The molecule has 0 spiro atoms. The number of nitrogens with zero attached hydrogens (tertiary/aromatic N) is 3. The Kier molecular flexibility index (Phi) is 5.21. The number of amides is 1. The minimum Gasteiger partial charge on any atom is -0.331 e. The first kappa shape index (κ1) is 20.0. The second kappa shape index (κ2) is 7.54. The molecule has 0 bridgehead atoms. The lowest BCUT2D eigenvalue weighted by molar-refractivity contribution is 0.0708. The maximum atomic E-state index is 13.3. The van der Waals surface area contributed by atoms with Crippen LogP contribution in [0.1, 0.15) is 41.4 Å². The lowest BCUT2D eigenvalue weighted by atomic mass is 9.87. The molecule has 3 atom stereocenters. The number of carbonyl (C=O) groups excluding carboxylic acids is 1. The van der Waals surface area contributed by atoms with Crippen molar-refractivity contribution >= 4 is 15.9 Å². The van der Waals surface area contributed by atoms with E-state index >= 15 is 0 Å². The summed E-state index contributed by atoms with van der Waals surface area (Å²) in [6, 6.07) is 11.4. The number of hydrogen-bond donors (Lipinski definition) is 0. The monoisotopic (exact) mass is 413 g/mol. The molecule has 1 amide bonds. The molecule has 2 aliphatic heterocycles. The summed E-state index contributed by atoms with van der Waals surface area (Å²) in [7, 11) is -3.30. The smallest absolute Gasteiger partial charge is 0.254 e. The molecule has 4 rings (SSSR count). The molecule has 29 heavy (non-hydrogen) atoms. The standard InChI is InChI=1S/C22H27N3O3S/c1-15(2)29(27,28)24-12-18-13-25(22(26)17-8-10-23-11-9-17)21(20(18)14-24)19-7-5-4-6-16(19)3/h4-11,15,18,20-21H,12-14H2,1-3H3/t18-,20-,21+/m0/s1. The summed E-state index contributed by atoms with van der Waals surface area (Å²) in [6.07, 6.45) is 3.26. The Morgan fingerprint density at radius 1 is 1.07 bits per heavy atom. The van der Waals surface area contributed by atoms with Crippen LogP contribution in [0.3, 0.4) is 0 Å². The van der Waals surface area contributed by atoms with E-state index in [1.807, 2.05) is 17.0 Å². The van der Waals surface area contributed by atoms with Crippen LogP contribution in [0, 0.1) is 18.8 Å². The second-order valence-corrected chi connectivity index (χ2v) is 10.8. The molecule has 2 aliphatic rings. The molecule has 7 heteroatoms. The van der Waals surface area contributed by atoms with Crippen LogP contribution >= 0.6 is 0 Å². The highest BCUT2D eigenvalue weighted by Crippen LogP contribution is 2.47. The Labute approximate surface area is 172 Å². The topological polar surface area (TPSA) is 70.6 Å². The predicted molar refractivity (Wildman–Crippen MR) is 112 cm³/mol. The van der Waals surface area contributed by atoms with Gasteiger partial charge in [0.1, 0.15) is 0 Å². The maximum Gasteiger partial charge on any atom is 0.254 e. The first-order valence-electron chi connectivity index (χ1n) is 10.1. The molecule has 6 nitrogen and oxygen atoms in total. The van der Waals surface area contributed by atoms with Crippen LogP contribution < -0.4 is 0 Å². The highest BCUT2D eigenvalue weighted by Gasteiger charge is 2.52. The van der Waals surface area contributed by atoms with Crippen LogP contribution in [0.2, 0.25) is 0 Å². The Morgan fingerprint density at radius 3 is 2.41 bits per heavy atom. The molecule has 2 aromatic rings. The molecule has 1 aromatic heterocycles. The molecule has 0 aliphatic carbocycles. The fraction of sp³-hybridized carbons (Fsp3) is 0.455. The van der Waals surface area contributed by atoms with Gasteiger partial charge in [0, 0.05) is 43.5 Å². The number of hydrogen-bond acceptors (Lipinski definition) is 4. The van der Waals surface area contributed by atoms with Gasteiger partial charge in [0.05, 0.1) is 11.3 Å². The average Bonchev–Trinajstić information content (AvgIpc) is 3.27. The van der Waals surface area contributed by atoms with Crippen LogP contribution in [-0.2, 0) is 10.0 Å². The largest absolute Gasteiger partial charge is 0.331 e. The van der Waals surface area contributed by atoms with Gasteiger partial charge in [-0.1, -0.05) is 24.3 Å². The van der Waals surface area contributed by atoms with Gasteiger partial charge in [-0.3, -0.25) is 9.78 Å². The summed E-state index contributed by atoms with van der Waals surface area (Å²) in [5, 5.41) is -0.437. The Balaban J connectivity index is 1.71. The quantitative estimate of drug-likeness (QED) is 0.773. The number of likely N-dealkylation sites (tertiary alicyclic amines) is 1. The summed E-state index contributed by atoms with van der Waals surface area (Å²) in [5.41, 5.74) is 2.84. The zero-order valence-electron chi connectivity index (χ0n) is 17.0. The zero-order valence-corrected chi connectivity index (χ0v) is 17.8. The van der Waals surface area contributed by atoms with Gasteiger partial charge < -0.3 is 4.90 Å². The normalized spacial score (nSPS) is 24.8. The van der Waals surface area contributed by atoms with Crippen LogP contribution in [0.15, 0.2) is 48.8 Å². The molecule has 154 valence electrons. The number of rotatable bonds is 4. The maximum absolute atomic E-state index is 13.3. The SMILES string of the molecule is Cc1ccccc1[C@@H]1[C@H]2CN(S(=O)(=O)C(C)C)C[C@H]2CN1C(=O)c1ccncc1. The van der Waals surface area contributed by atoms with Gasteiger partial charge in [0.2, 0.25) is 10.0 Å². The van der Waals surface area contributed by atoms with Crippen molar-refractivity contribution in [1.82, 2.24) is 14.2 Å². The number of fused-ring (bicyclic) bond motifs is 1. The number of carbonyl (C=O) groups is 1. The predicted octanol–water partition coefficient (Wildman–Crippen LogP) is 2.87. The van der Waals surface area contributed by atoms with Gasteiger partial charge in [-0.2, -0.15) is 0 Å². The summed E-state index contributed by atoms with van der Waals surface area (Å²) < 4.78 is 27.1. The fourth-order valence-electron chi connectivity index (χ4n) is 4.70. The van der Waals surface area contributed by atoms with Crippen LogP contribution in [-0.4, -0.2) is 53.4 Å². The van der Waals surface area contributed by atoms with Crippen LogP contribution in [0.5, 0.6) is 0 Å². The Hall–Kier alpha value is -2.25. The zero-order chi connectivity index (χ0) is 20.8. The van der Waals surface area contributed by atoms with Crippen molar-refractivity contribution in [1.29, 1.82) is 0 Å². The molecule has 2 saturated heterocycles. The molecule has 2 fully saturated rings. The van der Waals surface area contributed by atoms with Gasteiger partial charge in [-0.05, 0) is 49.9 Å². The van der Waals surface area contributed by atoms with Crippen molar-refractivity contribution < 1.29 is 13.2 Å². The van der Waals surface area contributed by atoms with E-state index in [9.17, 15) is 13.2 Å². The van der Waals surface area contributed by atoms with Crippen molar-refractivity contribution in [3.63, 3.8) is 0 Å². The summed E-state index contributed by atoms with van der Waals surface area (Å²) in [5.74, 6) is 0.211. The van der Waals surface area contributed by atoms with Gasteiger partial charge in [-0.15, -0.1) is 0 Å². The van der Waals surface area contributed by atoms with E-state index < -0.39 is 15.3 Å². The van der Waals surface area contributed by atoms with E-state index in [0.717, 1.165) is 11.1 Å². The number of aryl methyl sites for hydroxylation is 1. The van der Waals surface area contributed by atoms with Crippen molar-refractivity contribution in [2.45, 2.75) is 32.1 Å². The third kappa shape index (κ3) is 3.46. The Morgan fingerprint density at radius 2 is 1.76 bits per heavy atom. The van der Waals surface area contributed by atoms with E-state index in [1.165, 1.54) is 0 Å². The summed E-state index contributed by atoms with van der Waals surface area (Å²) in [6.45, 7) is 7.01.